The van der Waals surface area contributed by atoms with E-state index in [4.69, 9.17) is 4.74 Å². The Morgan fingerprint density at radius 1 is 1.09 bits per heavy atom. The highest BCUT2D eigenvalue weighted by Crippen LogP contribution is 2.27. The van der Waals surface area contributed by atoms with E-state index >= 15 is 0 Å². The summed E-state index contributed by atoms with van der Waals surface area (Å²) in [6.45, 7) is 2.05. The number of amides is 1. The molecular formula is C26H20BrN3O2. The molecule has 0 aliphatic heterocycles. The minimum atomic E-state index is -0.468. The van der Waals surface area contributed by atoms with Crippen molar-refractivity contribution < 1.29 is 9.53 Å². The predicted octanol–water partition coefficient (Wildman–Crippen LogP) is 5.68. The van der Waals surface area contributed by atoms with Gasteiger partial charge >= 0.3 is 0 Å². The fourth-order valence-electron chi connectivity index (χ4n) is 3.08. The van der Waals surface area contributed by atoms with Gasteiger partial charge in [-0.2, -0.15) is 10.5 Å². The largest absolute Gasteiger partial charge is 0.488 e. The van der Waals surface area contributed by atoms with Gasteiger partial charge in [-0.05, 0) is 42.8 Å². The summed E-state index contributed by atoms with van der Waals surface area (Å²) in [6.07, 6.45) is 1.50. The van der Waals surface area contributed by atoms with E-state index in [-0.39, 0.29) is 18.2 Å². The quantitative estimate of drug-likeness (QED) is 0.344. The van der Waals surface area contributed by atoms with Crippen molar-refractivity contribution >= 4 is 27.9 Å². The standard InChI is InChI=1S/C26H20BrN3O2/c1-18(19-7-3-2-4-8-19)30-26(31)23(16-29)13-22-14-24(27)11-12-25(22)32-17-21-10-6-5-9-20(21)15-28/h2-14,18H,17H2,1H3,(H,30,31)/b23-13-/t18-/m1/s1. The van der Waals surface area contributed by atoms with Gasteiger partial charge in [0.2, 0.25) is 0 Å². The van der Waals surface area contributed by atoms with Gasteiger partial charge in [0, 0.05) is 15.6 Å². The highest BCUT2D eigenvalue weighted by atomic mass is 79.9. The Kier molecular flexibility index (Phi) is 7.80. The second-order valence-corrected chi connectivity index (χ2v) is 7.93. The summed E-state index contributed by atoms with van der Waals surface area (Å²) in [7, 11) is 0. The molecule has 5 nitrogen and oxygen atoms in total. The van der Waals surface area contributed by atoms with Crippen LogP contribution in [-0.4, -0.2) is 5.91 Å². The number of halogens is 1. The molecule has 0 spiro atoms. The maximum atomic E-state index is 12.7. The zero-order valence-electron chi connectivity index (χ0n) is 17.4. The van der Waals surface area contributed by atoms with Gasteiger partial charge in [0.15, 0.2) is 0 Å². The van der Waals surface area contributed by atoms with Gasteiger partial charge in [-0.1, -0.05) is 64.5 Å². The molecule has 0 radical (unpaired) electrons. The van der Waals surface area contributed by atoms with Crippen LogP contribution in [0.3, 0.4) is 0 Å². The zero-order valence-corrected chi connectivity index (χ0v) is 19.0. The van der Waals surface area contributed by atoms with Crippen LogP contribution < -0.4 is 10.1 Å². The van der Waals surface area contributed by atoms with Crippen LogP contribution in [0, 0.1) is 22.7 Å². The molecule has 0 heterocycles. The van der Waals surface area contributed by atoms with Crippen LogP contribution in [0.5, 0.6) is 5.75 Å². The van der Waals surface area contributed by atoms with E-state index < -0.39 is 5.91 Å². The molecule has 3 rings (SSSR count). The fourth-order valence-corrected chi connectivity index (χ4v) is 3.46. The Morgan fingerprint density at radius 3 is 2.53 bits per heavy atom. The first kappa shape index (κ1) is 22.8. The van der Waals surface area contributed by atoms with Crippen LogP contribution in [0.25, 0.3) is 6.08 Å². The molecule has 0 saturated heterocycles. The Bertz CT molecular complexity index is 1220. The Morgan fingerprint density at radius 2 is 1.81 bits per heavy atom. The predicted molar refractivity (Wildman–Crippen MR) is 126 cm³/mol. The van der Waals surface area contributed by atoms with Gasteiger partial charge in [0.1, 0.15) is 24.0 Å². The number of nitrogens with zero attached hydrogens (tertiary/aromatic N) is 2. The lowest BCUT2D eigenvalue weighted by atomic mass is 10.1. The van der Waals surface area contributed by atoms with Crippen molar-refractivity contribution in [1.29, 1.82) is 10.5 Å². The summed E-state index contributed by atoms with van der Waals surface area (Å²) in [4.78, 5) is 12.7. The smallest absolute Gasteiger partial charge is 0.262 e. The number of hydrogen-bond donors (Lipinski definition) is 1. The van der Waals surface area contributed by atoms with Crippen molar-refractivity contribution in [3.8, 4) is 17.9 Å². The first-order valence-electron chi connectivity index (χ1n) is 9.89. The van der Waals surface area contributed by atoms with Gasteiger partial charge in [-0.15, -0.1) is 0 Å². The first-order valence-corrected chi connectivity index (χ1v) is 10.7. The number of nitriles is 2. The van der Waals surface area contributed by atoms with Gasteiger partial charge in [0.25, 0.3) is 5.91 Å². The molecule has 0 aromatic heterocycles. The van der Waals surface area contributed by atoms with E-state index in [0.29, 0.717) is 16.9 Å². The van der Waals surface area contributed by atoms with Gasteiger partial charge < -0.3 is 10.1 Å². The highest BCUT2D eigenvalue weighted by molar-refractivity contribution is 9.10. The monoisotopic (exact) mass is 485 g/mol. The highest BCUT2D eigenvalue weighted by Gasteiger charge is 2.15. The Balaban J connectivity index is 1.82. The van der Waals surface area contributed by atoms with Crippen LogP contribution in [0.15, 0.2) is 82.8 Å². The SMILES string of the molecule is C[C@@H](NC(=O)/C(C#N)=C\c1cc(Br)ccc1OCc1ccccc1C#N)c1ccccc1. The van der Waals surface area contributed by atoms with Crippen LogP contribution in [0.1, 0.15) is 35.2 Å². The lowest BCUT2D eigenvalue weighted by Gasteiger charge is -2.14. The Labute approximate surface area is 195 Å². The van der Waals surface area contributed by atoms with E-state index in [1.165, 1.54) is 6.08 Å². The number of carbonyl (C=O) groups excluding carboxylic acids is 1. The summed E-state index contributed by atoms with van der Waals surface area (Å²) in [6, 6.07) is 25.9. The molecule has 0 aliphatic rings. The van der Waals surface area contributed by atoms with Crippen LogP contribution in [0.2, 0.25) is 0 Å². The number of hydrogen-bond acceptors (Lipinski definition) is 4. The average molecular weight is 486 g/mol. The average Bonchev–Trinajstić information content (AvgIpc) is 2.82. The molecule has 0 unspecified atom stereocenters. The molecule has 1 amide bonds. The van der Waals surface area contributed by atoms with Crippen molar-refractivity contribution in [2.24, 2.45) is 0 Å². The molecule has 0 fully saturated rings. The van der Waals surface area contributed by atoms with E-state index in [1.807, 2.05) is 61.5 Å². The maximum Gasteiger partial charge on any atom is 0.262 e. The number of carbonyl (C=O) groups is 1. The second-order valence-electron chi connectivity index (χ2n) is 7.02. The van der Waals surface area contributed by atoms with E-state index in [2.05, 4.69) is 27.3 Å². The summed E-state index contributed by atoms with van der Waals surface area (Å²) < 4.78 is 6.72. The molecule has 32 heavy (non-hydrogen) atoms. The molecule has 6 heteroatoms. The zero-order chi connectivity index (χ0) is 22.9. The van der Waals surface area contributed by atoms with Crippen molar-refractivity contribution in [3.05, 3.63) is 105 Å². The van der Waals surface area contributed by atoms with Crippen LogP contribution in [-0.2, 0) is 11.4 Å². The molecule has 0 saturated carbocycles. The van der Waals surface area contributed by atoms with Crippen molar-refractivity contribution in [1.82, 2.24) is 5.32 Å². The van der Waals surface area contributed by atoms with Crippen molar-refractivity contribution in [2.75, 3.05) is 0 Å². The molecule has 1 N–H and O–H groups in total. The number of benzene rings is 3. The number of ether oxygens (including phenoxy) is 1. The van der Waals surface area contributed by atoms with Gasteiger partial charge in [-0.25, -0.2) is 0 Å². The minimum absolute atomic E-state index is 0.0341. The lowest BCUT2D eigenvalue weighted by Crippen LogP contribution is -2.27. The topological polar surface area (TPSA) is 85.9 Å². The molecule has 0 bridgehead atoms. The molecule has 3 aromatic carbocycles. The molecule has 0 aliphatic carbocycles. The minimum Gasteiger partial charge on any atom is -0.488 e. The molecule has 158 valence electrons. The van der Waals surface area contributed by atoms with Gasteiger partial charge in [-0.3, -0.25) is 4.79 Å². The van der Waals surface area contributed by atoms with E-state index in [0.717, 1.165) is 15.6 Å². The third kappa shape index (κ3) is 5.85. The van der Waals surface area contributed by atoms with Crippen molar-refractivity contribution in [3.63, 3.8) is 0 Å². The van der Waals surface area contributed by atoms with E-state index in [9.17, 15) is 15.3 Å². The Hall–Kier alpha value is -3.87. The van der Waals surface area contributed by atoms with Crippen molar-refractivity contribution in [2.45, 2.75) is 19.6 Å². The van der Waals surface area contributed by atoms with E-state index in [1.54, 1.807) is 24.3 Å². The third-order valence-electron chi connectivity index (χ3n) is 4.80. The van der Waals surface area contributed by atoms with Crippen LogP contribution >= 0.6 is 15.9 Å². The molecular weight excluding hydrogens is 466 g/mol. The third-order valence-corrected chi connectivity index (χ3v) is 5.30. The number of nitrogens with one attached hydrogen (secondary N) is 1. The lowest BCUT2D eigenvalue weighted by molar-refractivity contribution is -0.117. The summed E-state index contributed by atoms with van der Waals surface area (Å²) in [5, 5.41) is 21.7. The molecule has 3 aromatic rings. The van der Waals surface area contributed by atoms with Gasteiger partial charge in [0.05, 0.1) is 17.7 Å². The second kappa shape index (κ2) is 10.9. The molecule has 1 atom stereocenters. The van der Waals surface area contributed by atoms with Crippen LogP contribution in [0.4, 0.5) is 0 Å². The maximum absolute atomic E-state index is 12.7. The summed E-state index contributed by atoms with van der Waals surface area (Å²) in [5.74, 6) is 0.0298. The normalized spacial score (nSPS) is 11.7. The summed E-state index contributed by atoms with van der Waals surface area (Å²) >= 11 is 3.42. The summed E-state index contributed by atoms with van der Waals surface area (Å²) in [5.41, 5.74) is 2.78. The first-order chi connectivity index (χ1) is 15.5. The fraction of sp³-hybridized carbons (Fsp3) is 0.115. The number of rotatable bonds is 7.